The highest BCUT2D eigenvalue weighted by molar-refractivity contribution is 6.36. The molecule has 4 heteroatoms. The zero-order valence-corrected chi connectivity index (χ0v) is 14.4. The van der Waals surface area contributed by atoms with Crippen LogP contribution in [0.1, 0.15) is 31.8 Å². The molecule has 1 heterocycles. The van der Waals surface area contributed by atoms with Crippen LogP contribution in [0.4, 0.5) is 11.4 Å². The normalized spacial score (nSPS) is 13.5. The number of anilines is 2. The Kier molecular flexibility index (Phi) is 3.35. The molecule has 124 valence electrons. The summed E-state index contributed by atoms with van der Waals surface area (Å²) >= 11 is 0. The van der Waals surface area contributed by atoms with Crippen LogP contribution in [0.2, 0.25) is 0 Å². The van der Waals surface area contributed by atoms with Crippen LogP contribution < -0.4 is 10.2 Å². The quantitative estimate of drug-likeness (QED) is 0.713. The summed E-state index contributed by atoms with van der Waals surface area (Å²) in [6.45, 7) is 3.91. The second-order valence-corrected chi connectivity index (χ2v) is 6.37. The number of hydrogen-bond donors (Lipinski definition) is 1. The van der Waals surface area contributed by atoms with Gasteiger partial charge >= 0.3 is 0 Å². The Bertz CT molecular complexity index is 1030. The molecule has 0 aromatic heterocycles. The predicted molar refractivity (Wildman–Crippen MR) is 101 cm³/mol. The van der Waals surface area contributed by atoms with Crippen LogP contribution in [0.25, 0.3) is 10.8 Å². The lowest BCUT2D eigenvalue weighted by molar-refractivity contribution is 0.0893. The number of aryl methyl sites for hydroxylation is 2. The highest BCUT2D eigenvalue weighted by atomic mass is 16.2. The molecule has 0 saturated heterocycles. The number of carbonyl (C=O) groups is 2. The molecule has 2 amide bonds. The Morgan fingerprint density at radius 1 is 0.880 bits per heavy atom. The fourth-order valence-corrected chi connectivity index (χ4v) is 3.59. The van der Waals surface area contributed by atoms with Crippen LogP contribution in [0, 0.1) is 13.8 Å². The Morgan fingerprint density at radius 2 is 1.60 bits per heavy atom. The van der Waals surface area contributed by atoms with Crippen molar-refractivity contribution in [3.05, 3.63) is 70.8 Å². The Balaban J connectivity index is 1.99. The molecule has 1 aliphatic rings. The maximum Gasteiger partial charge on any atom is 0.265 e. The van der Waals surface area contributed by atoms with E-state index in [0.717, 1.165) is 27.6 Å². The van der Waals surface area contributed by atoms with Gasteiger partial charge in [0.05, 0.1) is 5.69 Å². The van der Waals surface area contributed by atoms with E-state index in [0.29, 0.717) is 16.8 Å². The fraction of sp³-hybridized carbons (Fsp3) is 0.143. The van der Waals surface area contributed by atoms with Crippen molar-refractivity contribution in [2.45, 2.75) is 13.8 Å². The lowest BCUT2D eigenvalue weighted by atomic mass is 9.92. The predicted octanol–water partition coefficient (Wildman–Crippen LogP) is 4.30. The van der Waals surface area contributed by atoms with Gasteiger partial charge in [-0.25, -0.2) is 4.90 Å². The van der Waals surface area contributed by atoms with Crippen molar-refractivity contribution in [2.75, 3.05) is 17.3 Å². The van der Waals surface area contributed by atoms with Crippen LogP contribution in [0.5, 0.6) is 0 Å². The van der Waals surface area contributed by atoms with E-state index < -0.39 is 0 Å². The molecule has 0 unspecified atom stereocenters. The van der Waals surface area contributed by atoms with E-state index in [-0.39, 0.29) is 11.8 Å². The summed E-state index contributed by atoms with van der Waals surface area (Å²) in [7, 11) is 1.83. The fourth-order valence-electron chi connectivity index (χ4n) is 3.59. The molecule has 0 spiro atoms. The number of rotatable bonds is 2. The number of imide groups is 1. The Hall–Kier alpha value is -3.14. The first-order valence-corrected chi connectivity index (χ1v) is 8.22. The molecular formula is C21H18N2O2. The number of nitrogens with one attached hydrogen (secondary N) is 1. The third-order valence-electron chi connectivity index (χ3n) is 4.77. The molecule has 0 radical (unpaired) electrons. The van der Waals surface area contributed by atoms with Crippen molar-refractivity contribution >= 4 is 34.0 Å². The van der Waals surface area contributed by atoms with Gasteiger partial charge in [-0.3, -0.25) is 9.59 Å². The number of carbonyl (C=O) groups excluding carboxylic acids is 2. The molecule has 0 saturated carbocycles. The zero-order valence-electron chi connectivity index (χ0n) is 14.4. The van der Waals surface area contributed by atoms with E-state index in [9.17, 15) is 9.59 Å². The van der Waals surface area contributed by atoms with E-state index >= 15 is 0 Å². The highest BCUT2D eigenvalue weighted by Crippen LogP contribution is 2.36. The second-order valence-electron chi connectivity index (χ2n) is 6.37. The van der Waals surface area contributed by atoms with E-state index in [2.05, 4.69) is 5.32 Å². The van der Waals surface area contributed by atoms with Gasteiger partial charge in [0.15, 0.2) is 0 Å². The SMILES string of the molecule is CNc1ccc2c3c(cccc13)C(=O)N(c1ccc(C)cc1C)C2=O. The van der Waals surface area contributed by atoms with Crippen LogP contribution in [0.15, 0.2) is 48.5 Å². The van der Waals surface area contributed by atoms with Crippen molar-refractivity contribution in [3.8, 4) is 0 Å². The van der Waals surface area contributed by atoms with E-state index in [4.69, 9.17) is 0 Å². The van der Waals surface area contributed by atoms with Gasteiger partial charge in [-0.2, -0.15) is 0 Å². The number of hydrogen-bond acceptors (Lipinski definition) is 3. The number of benzene rings is 3. The lowest BCUT2D eigenvalue weighted by Gasteiger charge is -2.29. The van der Waals surface area contributed by atoms with Crippen LogP contribution in [-0.2, 0) is 0 Å². The first kappa shape index (κ1) is 15.4. The van der Waals surface area contributed by atoms with Gasteiger partial charge in [0.1, 0.15) is 0 Å². The monoisotopic (exact) mass is 330 g/mol. The highest BCUT2D eigenvalue weighted by Gasteiger charge is 2.34. The summed E-state index contributed by atoms with van der Waals surface area (Å²) < 4.78 is 0. The van der Waals surface area contributed by atoms with Gasteiger partial charge in [-0.1, -0.05) is 29.8 Å². The van der Waals surface area contributed by atoms with Crippen LogP contribution in [0.3, 0.4) is 0 Å². The molecule has 0 atom stereocenters. The molecule has 0 bridgehead atoms. The average molecular weight is 330 g/mol. The standard InChI is InChI=1S/C21H18N2O2/c1-12-7-10-18(13(2)11-12)23-20(24)15-6-4-5-14-17(22-3)9-8-16(19(14)15)21(23)25/h4-11,22H,1-3H3. The van der Waals surface area contributed by atoms with Crippen LogP contribution >= 0.6 is 0 Å². The Morgan fingerprint density at radius 3 is 2.28 bits per heavy atom. The molecule has 3 aromatic carbocycles. The maximum absolute atomic E-state index is 13.1. The molecular weight excluding hydrogens is 312 g/mol. The summed E-state index contributed by atoms with van der Waals surface area (Å²) in [4.78, 5) is 27.6. The summed E-state index contributed by atoms with van der Waals surface area (Å²) in [6.07, 6.45) is 0. The minimum absolute atomic E-state index is 0.275. The smallest absolute Gasteiger partial charge is 0.265 e. The second kappa shape index (κ2) is 5.45. The number of amides is 2. The number of nitrogens with zero attached hydrogens (tertiary/aromatic N) is 1. The topological polar surface area (TPSA) is 49.4 Å². The van der Waals surface area contributed by atoms with Crippen molar-refractivity contribution in [3.63, 3.8) is 0 Å². The van der Waals surface area contributed by atoms with Crippen molar-refractivity contribution in [1.29, 1.82) is 0 Å². The minimum Gasteiger partial charge on any atom is -0.388 e. The van der Waals surface area contributed by atoms with Crippen molar-refractivity contribution in [1.82, 2.24) is 0 Å². The summed E-state index contributed by atoms with van der Waals surface area (Å²) in [6, 6.07) is 15.0. The first-order valence-electron chi connectivity index (χ1n) is 8.22. The van der Waals surface area contributed by atoms with E-state index in [1.165, 1.54) is 4.90 Å². The third-order valence-corrected chi connectivity index (χ3v) is 4.77. The molecule has 1 aliphatic heterocycles. The van der Waals surface area contributed by atoms with Gasteiger partial charge in [-0.05, 0) is 43.7 Å². The van der Waals surface area contributed by atoms with Gasteiger partial charge in [0.25, 0.3) is 11.8 Å². The third kappa shape index (κ3) is 2.14. The minimum atomic E-state index is -0.275. The zero-order chi connectivity index (χ0) is 17.7. The van der Waals surface area contributed by atoms with Crippen LogP contribution in [-0.4, -0.2) is 18.9 Å². The molecule has 0 fully saturated rings. The summed E-state index contributed by atoms with van der Waals surface area (Å²) in [5.74, 6) is -0.549. The largest absolute Gasteiger partial charge is 0.388 e. The Labute approximate surface area is 146 Å². The van der Waals surface area contributed by atoms with Gasteiger partial charge in [0, 0.05) is 34.6 Å². The molecule has 1 N–H and O–H groups in total. The van der Waals surface area contributed by atoms with Crippen molar-refractivity contribution in [2.24, 2.45) is 0 Å². The van der Waals surface area contributed by atoms with Gasteiger partial charge < -0.3 is 5.32 Å². The summed E-state index contributed by atoms with van der Waals surface area (Å²) in [5, 5.41) is 4.74. The average Bonchev–Trinajstić information content (AvgIpc) is 2.61. The summed E-state index contributed by atoms with van der Waals surface area (Å²) in [5.41, 5.74) is 4.67. The molecule has 25 heavy (non-hydrogen) atoms. The molecule has 3 aromatic rings. The molecule has 4 nitrogen and oxygen atoms in total. The lowest BCUT2D eigenvalue weighted by Crippen LogP contribution is -2.40. The van der Waals surface area contributed by atoms with Gasteiger partial charge in [-0.15, -0.1) is 0 Å². The molecule has 0 aliphatic carbocycles. The maximum atomic E-state index is 13.1. The first-order chi connectivity index (χ1) is 12.0. The van der Waals surface area contributed by atoms with Crippen molar-refractivity contribution < 1.29 is 9.59 Å². The van der Waals surface area contributed by atoms with E-state index in [1.807, 2.05) is 57.3 Å². The molecule has 4 rings (SSSR count). The van der Waals surface area contributed by atoms with E-state index in [1.54, 1.807) is 12.1 Å². The van der Waals surface area contributed by atoms with Gasteiger partial charge in [0.2, 0.25) is 0 Å².